The van der Waals surface area contributed by atoms with Crippen LogP contribution < -0.4 is 0 Å². The lowest BCUT2D eigenvalue weighted by Gasteiger charge is -1.97. The van der Waals surface area contributed by atoms with Gasteiger partial charge in [-0.2, -0.15) is 0 Å². The third-order valence-electron chi connectivity index (χ3n) is 1.67. The predicted molar refractivity (Wildman–Crippen MR) is 37.9 cm³/mol. The summed E-state index contributed by atoms with van der Waals surface area (Å²) in [4.78, 5) is 9.80. The maximum atomic E-state index is 9.80. The normalized spacial score (nSPS) is 19.0. The van der Waals surface area contributed by atoms with Crippen LogP contribution in [0.2, 0.25) is 0 Å². The third-order valence-corrected chi connectivity index (χ3v) is 1.67. The summed E-state index contributed by atoms with van der Waals surface area (Å²) < 4.78 is 4.62. The summed E-state index contributed by atoms with van der Waals surface area (Å²) in [6.07, 6.45) is 7.51. The van der Waals surface area contributed by atoms with Gasteiger partial charge in [0.2, 0.25) is 0 Å². The van der Waals surface area contributed by atoms with E-state index in [0.29, 0.717) is 0 Å². The zero-order valence-electron chi connectivity index (χ0n) is 5.93. The Kier molecular flexibility index (Phi) is 3.00. The Labute approximate surface area is 60.9 Å². The summed E-state index contributed by atoms with van der Waals surface area (Å²) >= 11 is 0. The lowest BCUT2D eigenvalue weighted by Crippen LogP contribution is -1.87. The molecule has 0 bridgehead atoms. The van der Waals surface area contributed by atoms with Crippen LogP contribution in [0.25, 0.3) is 0 Å². The molecule has 0 saturated carbocycles. The van der Waals surface area contributed by atoms with Crippen molar-refractivity contribution in [3.8, 4) is 0 Å². The van der Waals surface area contributed by atoms with Crippen LogP contribution in [0.3, 0.4) is 0 Å². The second-order valence-electron chi connectivity index (χ2n) is 2.46. The van der Waals surface area contributed by atoms with Crippen LogP contribution in [0.5, 0.6) is 0 Å². The molecular formula is C8H11O2. The highest BCUT2D eigenvalue weighted by Gasteiger charge is 2.02. The van der Waals surface area contributed by atoms with Crippen LogP contribution in [-0.2, 0) is 9.53 Å². The van der Waals surface area contributed by atoms with Crippen molar-refractivity contribution in [1.29, 1.82) is 0 Å². The number of allylic oxidation sites excluding steroid dienone is 2. The van der Waals surface area contributed by atoms with Crippen LogP contribution in [0.1, 0.15) is 32.1 Å². The molecule has 0 atom stereocenters. The molecule has 1 radical (unpaired) electrons. The Balaban J connectivity index is 2.38. The van der Waals surface area contributed by atoms with Gasteiger partial charge in [0.1, 0.15) is 5.76 Å². The molecule has 1 aliphatic carbocycles. The molecule has 0 aromatic carbocycles. The summed E-state index contributed by atoms with van der Waals surface area (Å²) in [7, 11) is 0. The molecule has 0 unspecified atom stereocenters. The number of ether oxygens (including phenoxy) is 1. The first-order valence-corrected chi connectivity index (χ1v) is 3.66. The number of hydrogen-bond acceptors (Lipinski definition) is 2. The molecule has 2 nitrogen and oxygen atoms in total. The highest BCUT2D eigenvalue weighted by atomic mass is 16.5. The van der Waals surface area contributed by atoms with Gasteiger partial charge in [-0.05, 0) is 25.3 Å². The smallest absolute Gasteiger partial charge is 0.422 e. The summed E-state index contributed by atoms with van der Waals surface area (Å²) in [5, 5.41) is 0. The molecule has 0 N–H and O–H groups in total. The highest BCUT2D eigenvalue weighted by molar-refractivity contribution is 5.40. The third kappa shape index (κ3) is 2.21. The Morgan fingerprint density at radius 3 is 3.10 bits per heavy atom. The molecule has 10 heavy (non-hydrogen) atoms. The van der Waals surface area contributed by atoms with E-state index in [1.165, 1.54) is 19.3 Å². The van der Waals surface area contributed by atoms with Crippen molar-refractivity contribution in [1.82, 2.24) is 0 Å². The van der Waals surface area contributed by atoms with Crippen LogP contribution in [0, 0.1) is 0 Å². The Bertz CT molecular complexity index is 138. The lowest BCUT2D eigenvalue weighted by atomic mass is 10.2. The van der Waals surface area contributed by atoms with E-state index in [-0.39, 0.29) is 0 Å². The van der Waals surface area contributed by atoms with E-state index < -0.39 is 0 Å². The van der Waals surface area contributed by atoms with E-state index in [4.69, 9.17) is 0 Å². The molecule has 1 aliphatic rings. The second-order valence-corrected chi connectivity index (χ2v) is 2.46. The van der Waals surface area contributed by atoms with Gasteiger partial charge in [0.25, 0.3) is 0 Å². The van der Waals surface area contributed by atoms with Gasteiger partial charge in [-0.3, -0.25) is 0 Å². The molecule has 1 rings (SSSR count). The number of hydrogen-bond donors (Lipinski definition) is 0. The minimum absolute atomic E-state index is 0.799. The van der Waals surface area contributed by atoms with E-state index in [2.05, 4.69) is 4.74 Å². The van der Waals surface area contributed by atoms with Gasteiger partial charge < -0.3 is 4.74 Å². The van der Waals surface area contributed by atoms with Crippen molar-refractivity contribution in [2.24, 2.45) is 0 Å². The van der Waals surface area contributed by atoms with E-state index >= 15 is 0 Å². The van der Waals surface area contributed by atoms with Crippen molar-refractivity contribution in [2.75, 3.05) is 0 Å². The quantitative estimate of drug-likeness (QED) is 0.584. The summed E-state index contributed by atoms with van der Waals surface area (Å²) in [6.45, 7) is 1.45. The highest BCUT2D eigenvalue weighted by Crippen LogP contribution is 2.16. The van der Waals surface area contributed by atoms with Crippen LogP contribution in [-0.4, -0.2) is 6.47 Å². The second kappa shape index (κ2) is 4.09. The molecule has 0 aliphatic heterocycles. The van der Waals surface area contributed by atoms with Crippen LogP contribution >= 0.6 is 0 Å². The van der Waals surface area contributed by atoms with Gasteiger partial charge in [-0.15, -0.1) is 0 Å². The maximum absolute atomic E-state index is 9.80. The van der Waals surface area contributed by atoms with E-state index in [1.54, 1.807) is 0 Å². The average molecular weight is 139 g/mol. The first-order chi connectivity index (χ1) is 4.93. The van der Waals surface area contributed by atoms with Gasteiger partial charge in [0, 0.05) is 6.42 Å². The topological polar surface area (TPSA) is 26.3 Å². The summed E-state index contributed by atoms with van der Waals surface area (Å²) in [5.74, 6) is 0.799. The molecular weight excluding hydrogens is 128 g/mol. The largest absolute Gasteiger partial charge is 0.423 e. The molecule has 55 valence electrons. The van der Waals surface area contributed by atoms with E-state index in [1.807, 2.05) is 6.08 Å². The zero-order valence-corrected chi connectivity index (χ0v) is 5.93. The first-order valence-electron chi connectivity index (χ1n) is 3.66. The summed E-state index contributed by atoms with van der Waals surface area (Å²) in [6, 6.07) is 0. The molecule has 0 spiro atoms. The van der Waals surface area contributed by atoms with Crippen LogP contribution in [0.15, 0.2) is 11.8 Å². The van der Waals surface area contributed by atoms with Crippen molar-refractivity contribution >= 4 is 6.47 Å². The fourth-order valence-electron chi connectivity index (χ4n) is 1.13. The number of rotatable bonds is 2. The standard InChI is InChI=1S/C8H11O2/c9-7-10-8-5-3-1-2-4-6-8/h5H,1-4,6H2. The van der Waals surface area contributed by atoms with Gasteiger partial charge in [-0.1, -0.05) is 6.42 Å². The SMILES string of the molecule is O=[C]OC1=CCCCCC1. The van der Waals surface area contributed by atoms with Crippen molar-refractivity contribution in [3.05, 3.63) is 11.8 Å². The minimum atomic E-state index is 0.799. The van der Waals surface area contributed by atoms with Gasteiger partial charge in [0.15, 0.2) is 0 Å². The maximum Gasteiger partial charge on any atom is 0.422 e. The van der Waals surface area contributed by atoms with E-state index in [9.17, 15) is 4.79 Å². The lowest BCUT2D eigenvalue weighted by molar-refractivity contribution is 0.346. The fourth-order valence-corrected chi connectivity index (χ4v) is 1.13. The molecule has 2 heteroatoms. The molecule has 0 amide bonds. The van der Waals surface area contributed by atoms with Gasteiger partial charge in [-0.25, -0.2) is 4.79 Å². The van der Waals surface area contributed by atoms with E-state index in [0.717, 1.165) is 25.0 Å². The average Bonchev–Trinajstić information content (AvgIpc) is 2.17. The van der Waals surface area contributed by atoms with Crippen molar-refractivity contribution in [2.45, 2.75) is 32.1 Å². The predicted octanol–water partition coefficient (Wildman–Crippen LogP) is 1.92. The molecule has 0 saturated heterocycles. The zero-order chi connectivity index (χ0) is 7.23. The van der Waals surface area contributed by atoms with Crippen molar-refractivity contribution < 1.29 is 9.53 Å². The van der Waals surface area contributed by atoms with Crippen molar-refractivity contribution in [3.63, 3.8) is 0 Å². The Hall–Kier alpha value is -0.790. The molecule has 0 aromatic heterocycles. The number of carbonyl (C=O) groups excluding carboxylic acids is 1. The minimum Gasteiger partial charge on any atom is -0.423 e. The van der Waals surface area contributed by atoms with Gasteiger partial charge >= 0.3 is 6.47 Å². The Morgan fingerprint density at radius 2 is 2.30 bits per heavy atom. The molecule has 0 aromatic rings. The molecule has 0 heterocycles. The summed E-state index contributed by atoms with van der Waals surface area (Å²) in [5.41, 5.74) is 0. The monoisotopic (exact) mass is 139 g/mol. The molecule has 0 fully saturated rings. The fraction of sp³-hybridized carbons (Fsp3) is 0.625. The first kappa shape index (κ1) is 7.32. The Morgan fingerprint density at radius 1 is 1.40 bits per heavy atom. The van der Waals surface area contributed by atoms with Gasteiger partial charge in [0.05, 0.1) is 0 Å². The van der Waals surface area contributed by atoms with Crippen LogP contribution in [0.4, 0.5) is 0 Å².